The van der Waals surface area contributed by atoms with E-state index in [1.807, 2.05) is 19.9 Å². The molecule has 3 amide bonds. The van der Waals surface area contributed by atoms with Crippen molar-refractivity contribution in [1.82, 2.24) is 9.80 Å². The van der Waals surface area contributed by atoms with E-state index >= 15 is 0 Å². The van der Waals surface area contributed by atoms with E-state index in [0.717, 1.165) is 12.8 Å². The predicted molar refractivity (Wildman–Crippen MR) is 164 cm³/mol. The fourth-order valence-corrected chi connectivity index (χ4v) is 5.10. The van der Waals surface area contributed by atoms with Crippen LogP contribution in [0.15, 0.2) is 48.5 Å². The summed E-state index contributed by atoms with van der Waals surface area (Å²) in [6.07, 6.45) is -5.01. The number of ether oxygens (including phenoxy) is 2. The number of aliphatic hydroxyl groups excluding tert-OH is 1. The molecule has 12 heteroatoms. The lowest BCUT2D eigenvalue weighted by molar-refractivity contribution is -0.142. The van der Waals surface area contributed by atoms with Gasteiger partial charge in [-0.1, -0.05) is 25.1 Å². The minimum Gasteiger partial charge on any atom is -0.490 e. The number of likely N-dealkylation sites (N-methyl/N-ethyl adjacent to an activating group) is 1. The number of aliphatic hydroxyl groups is 1. The van der Waals surface area contributed by atoms with E-state index in [-0.39, 0.29) is 54.6 Å². The maximum absolute atomic E-state index is 14.1. The number of anilines is 1. The summed E-state index contributed by atoms with van der Waals surface area (Å²) < 4.78 is 50.4. The molecular formula is C33H44F3N3O6. The van der Waals surface area contributed by atoms with Crippen LogP contribution in [-0.4, -0.2) is 90.4 Å². The number of benzene rings is 2. The van der Waals surface area contributed by atoms with Gasteiger partial charge in [-0.15, -0.1) is 0 Å². The number of alkyl halides is 3. The van der Waals surface area contributed by atoms with Gasteiger partial charge in [0.2, 0.25) is 5.91 Å². The molecule has 0 saturated carbocycles. The molecule has 1 aliphatic rings. The molecule has 9 nitrogen and oxygen atoms in total. The molecule has 0 unspecified atom stereocenters. The highest BCUT2D eigenvalue weighted by Gasteiger charge is 2.32. The number of nitrogens with one attached hydrogen (secondary N) is 1. The van der Waals surface area contributed by atoms with Crippen molar-refractivity contribution in [2.75, 3.05) is 38.7 Å². The summed E-state index contributed by atoms with van der Waals surface area (Å²) in [6.45, 7) is 6.03. The Kier molecular flexibility index (Phi) is 13.2. The number of hydrogen-bond donors (Lipinski definition) is 2. The number of nitrogens with zero attached hydrogens (tertiary/aromatic N) is 2. The maximum atomic E-state index is 14.1. The highest BCUT2D eigenvalue weighted by atomic mass is 19.4. The molecule has 2 aromatic rings. The van der Waals surface area contributed by atoms with Crippen molar-refractivity contribution in [3.8, 4) is 5.75 Å². The Balaban J connectivity index is 1.91. The summed E-state index contributed by atoms with van der Waals surface area (Å²) >= 11 is 0. The SMILES string of the molecule is C[C@@H]1CN([C@@H](C)CO)C(=O)c2cc(NC(=O)CCC(F)(F)F)ccc2O[C@@H](C)CCCCO[C@H]1CN(C)C(=O)c1ccccc1. The summed E-state index contributed by atoms with van der Waals surface area (Å²) in [5, 5.41) is 12.6. The molecule has 3 rings (SSSR count). The minimum atomic E-state index is -4.47. The Morgan fingerprint density at radius 2 is 1.84 bits per heavy atom. The second-order valence-electron chi connectivity index (χ2n) is 11.7. The van der Waals surface area contributed by atoms with Crippen molar-refractivity contribution in [3.63, 3.8) is 0 Å². The van der Waals surface area contributed by atoms with Crippen molar-refractivity contribution < 1.29 is 42.1 Å². The van der Waals surface area contributed by atoms with Gasteiger partial charge >= 0.3 is 6.18 Å². The molecule has 0 fully saturated rings. The largest absolute Gasteiger partial charge is 0.490 e. The highest BCUT2D eigenvalue weighted by Crippen LogP contribution is 2.29. The number of fused-ring (bicyclic) bond motifs is 1. The molecule has 4 atom stereocenters. The average Bonchev–Trinajstić information content (AvgIpc) is 3.01. The molecule has 0 aliphatic carbocycles. The van der Waals surface area contributed by atoms with E-state index in [1.54, 1.807) is 43.1 Å². The zero-order valence-corrected chi connectivity index (χ0v) is 26.3. The smallest absolute Gasteiger partial charge is 0.389 e. The Hall–Kier alpha value is -3.64. The third kappa shape index (κ3) is 11.0. The van der Waals surface area contributed by atoms with Crippen molar-refractivity contribution in [2.24, 2.45) is 5.92 Å². The van der Waals surface area contributed by atoms with E-state index in [1.165, 1.54) is 23.1 Å². The van der Waals surface area contributed by atoms with Crippen molar-refractivity contribution in [3.05, 3.63) is 59.7 Å². The number of halogens is 3. The summed E-state index contributed by atoms with van der Waals surface area (Å²) in [5.41, 5.74) is 0.804. The monoisotopic (exact) mass is 635 g/mol. The first-order chi connectivity index (χ1) is 21.3. The minimum absolute atomic E-state index is 0.105. The van der Waals surface area contributed by atoms with Crippen LogP contribution in [0.2, 0.25) is 0 Å². The van der Waals surface area contributed by atoms with Gasteiger partial charge in [-0.2, -0.15) is 13.2 Å². The Labute approximate surface area is 262 Å². The lowest BCUT2D eigenvalue weighted by atomic mass is 10.0. The predicted octanol–water partition coefficient (Wildman–Crippen LogP) is 5.54. The molecule has 248 valence electrons. The first-order valence-corrected chi connectivity index (χ1v) is 15.3. The summed E-state index contributed by atoms with van der Waals surface area (Å²) in [4.78, 5) is 42.6. The first kappa shape index (κ1) is 35.8. The zero-order chi connectivity index (χ0) is 33.1. The lowest BCUT2D eigenvalue weighted by Crippen LogP contribution is -2.48. The zero-order valence-electron chi connectivity index (χ0n) is 26.3. The number of rotatable bonds is 8. The van der Waals surface area contributed by atoms with Crippen molar-refractivity contribution in [1.29, 1.82) is 0 Å². The number of carbonyl (C=O) groups excluding carboxylic acids is 3. The van der Waals surface area contributed by atoms with Crippen molar-refractivity contribution >= 4 is 23.4 Å². The van der Waals surface area contributed by atoms with Crippen LogP contribution in [0, 0.1) is 5.92 Å². The molecule has 0 saturated heterocycles. The Bertz CT molecular complexity index is 1280. The summed E-state index contributed by atoms with van der Waals surface area (Å²) in [5.74, 6) is -1.49. The number of hydrogen-bond acceptors (Lipinski definition) is 6. The van der Waals surface area contributed by atoms with Crippen LogP contribution in [0.25, 0.3) is 0 Å². The van der Waals surface area contributed by atoms with Crippen LogP contribution in [0.3, 0.4) is 0 Å². The second-order valence-corrected chi connectivity index (χ2v) is 11.7. The van der Waals surface area contributed by atoms with Gasteiger partial charge in [-0.05, 0) is 63.4 Å². The molecule has 1 aliphatic heterocycles. The molecule has 0 spiro atoms. The van der Waals surface area contributed by atoms with E-state index in [4.69, 9.17) is 9.47 Å². The van der Waals surface area contributed by atoms with Crippen LogP contribution >= 0.6 is 0 Å². The van der Waals surface area contributed by atoms with Gasteiger partial charge in [0.05, 0.1) is 36.8 Å². The fourth-order valence-electron chi connectivity index (χ4n) is 5.10. The molecular weight excluding hydrogens is 591 g/mol. The molecule has 45 heavy (non-hydrogen) atoms. The lowest BCUT2D eigenvalue weighted by Gasteiger charge is -2.36. The van der Waals surface area contributed by atoms with Crippen LogP contribution in [0.1, 0.15) is 73.6 Å². The van der Waals surface area contributed by atoms with E-state index in [0.29, 0.717) is 18.6 Å². The normalized spacial score (nSPS) is 20.8. The molecule has 2 aromatic carbocycles. The van der Waals surface area contributed by atoms with Gasteiger partial charge in [0.1, 0.15) is 5.75 Å². The van der Waals surface area contributed by atoms with Crippen LogP contribution in [0.5, 0.6) is 5.75 Å². The Morgan fingerprint density at radius 1 is 1.13 bits per heavy atom. The Morgan fingerprint density at radius 3 is 2.51 bits per heavy atom. The first-order valence-electron chi connectivity index (χ1n) is 15.3. The number of amides is 3. The fraction of sp³-hybridized carbons (Fsp3) is 0.545. The standard InChI is InChI=1S/C33H44F3N3O6/c1-22-19-39(23(2)21-40)32(43)27-18-26(37-30(41)15-16-33(34,35)36)13-14-28(27)45-24(3)10-8-9-17-44-29(22)20-38(4)31(42)25-11-6-5-7-12-25/h5-7,11-14,18,22-24,29,40H,8-10,15-17,19-21H2,1-4H3,(H,37,41)/t22-,23+,24+,29+/m1/s1. The van der Waals surface area contributed by atoms with Crippen LogP contribution < -0.4 is 10.1 Å². The third-order valence-corrected chi connectivity index (χ3v) is 7.79. The molecule has 0 radical (unpaired) electrons. The molecule has 2 N–H and O–H groups in total. The maximum Gasteiger partial charge on any atom is 0.389 e. The quantitative estimate of drug-likeness (QED) is 0.395. The van der Waals surface area contributed by atoms with Gasteiger partial charge in [0.25, 0.3) is 11.8 Å². The van der Waals surface area contributed by atoms with Crippen LogP contribution in [0.4, 0.5) is 18.9 Å². The van der Waals surface area contributed by atoms with Gasteiger partial charge in [0, 0.05) is 50.3 Å². The second kappa shape index (κ2) is 16.6. The number of carbonyl (C=O) groups is 3. The summed E-state index contributed by atoms with van der Waals surface area (Å²) in [6, 6.07) is 12.7. The van der Waals surface area contributed by atoms with Crippen molar-refractivity contribution in [2.45, 2.75) is 77.3 Å². The highest BCUT2D eigenvalue weighted by molar-refractivity contribution is 5.99. The molecule has 0 aromatic heterocycles. The van der Waals surface area contributed by atoms with E-state index in [9.17, 15) is 32.7 Å². The van der Waals surface area contributed by atoms with Gasteiger partial charge in [-0.3, -0.25) is 14.4 Å². The topological polar surface area (TPSA) is 108 Å². The average molecular weight is 636 g/mol. The molecule has 0 bridgehead atoms. The van der Waals surface area contributed by atoms with E-state index < -0.39 is 43.0 Å². The molecule has 1 heterocycles. The van der Waals surface area contributed by atoms with E-state index in [2.05, 4.69) is 5.32 Å². The van der Waals surface area contributed by atoms with Gasteiger partial charge < -0.3 is 29.7 Å². The third-order valence-electron chi connectivity index (χ3n) is 7.79. The van der Waals surface area contributed by atoms with Crippen LogP contribution in [-0.2, 0) is 9.53 Å². The van der Waals surface area contributed by atoms with Gasteiger partial charge in [-0.25, -0.2) is 0 Å². The summed E-state index contributed by atoms with van der Waals surface area (Å²) in [7, 11) is 1.70. The van der Waals surface area contributed by atoms with Gasteiger partial charge in [0.15, 0.2) is 0 Å².